The van der Waals surface area contributed by atoms with Crippen LogP contribution in [-0.4, -0.2) is 22.2 Å². The summed E-state index contributed by atoms with van der Waals surface area (Å²) in [7, 11) is 0. The van der Waals surface area contributed by atoms with Gasteiger partial charge in [-0.2, -0.15) is 0 Å². The van der Waals surface area contributed by atoms with Gasteiger partial charge in [-0.3, -0.25) is 4.79 Å². The minimum absolute atomic E-state index is 0.0715. The molecule has 1 aromatic heterocycles. The van der Waals surface area contributed by atoms with Crippen molar-refractivity contribution < 1.29 is 4.74 Å². The average Bonchev–Trinajstić information content (AvgIpc) is 2.78. The third-order valence-electron chi connectivity index (χ3n) is 3.15. The maximum absolute atomic E-state index is 11.1. The molecule has 3 heterocycles. The number of hydrogen-bond acceptors (Lipinski definition) is 3. The van der Waals surface area contributed by atoms with Crippen LogP contribution in [0.2, 0.25) is 0 Å². The van der Waals surface area contributed by atoms with E-state index in [1.807, 2.05) is 0 Å². The van der Waals surface area contributed by atoms with Crippen LogP contribution in [-0.2, 0) is 4.74 Å². The van der Waals surface area contributed by atoms with Crippen LogP contribution in [0.15, 0.2) is 17.1 Å². The van der Waals surface area contributed by atoms with Gasteiger partial charge in [0.25, 0.3) is 5.56 Å². The molecule has 2 aliphatic rings. The molecule has 0 saturated carbocycles. The van der Waals surface area contributed by atoms with E-state index in [0.717, 1.165) is 25.1 Å². The van der Waals surface area contributed by atoms with Crippen LogP contribution < -0.4 is 5.56 Å². The molecule has 0 spiro atoms. The number of nitrogens with zero attached hydrogens (tertiary/aromatic N) is 1. The molecular formula is C10H12N2O2. The number of rotatable bonds is 1. The second-order valence-electron chi connectivity index (χ2n) is 4.04. The highest BCUT2D eigenvalue weighted by Crippen LogP contribution is 2.42. The number of aromatic nitrogens is 2. The summed E-state index contributed by atoms with van der Waals surface area (Å²) in [5, 5.41) is 0. The summed E-state index contributed by atoms with van der Waals surface area (Å²) in [6.07, 6.45) is 5.53. The largest absolute Gasteiger partial charge is 0.374 e. The Balaban J connectivity index is 1.93. The Hall–Kier alpha value is -1.16. The van der Waals surface area contributed by atoms with Gasteiger partial charge in [0.15, 0.2) is 0 Å². The molecule has 4 nitrogen and oxygen atoms in total. The van der Waals surface area contributed by atoms with E-state index >= 15 is 0 Å². The minimum atomic E-state index is -0.0715. The van der Waals surface area contributed by atoms with Crippen molar-refractivity contribution in [2.75, 3.05) is 0 Å². The third-order valence-corrected chi connectivity index (χ3v) is 3.15. The first-order valence-electron chi connectivity index (χ1n) is 5.03. The normalized spacial score (nSPS) is 35.0. The molecule has 3 rings (SSSR count). The van der Waals surface area contributed by atoms with Crippen LogP contribution in [0.25, 0.3) is 0 Å². The van der Waals surface area contributed by atoms with Crippen LogP contribution in [0, 0.1) is 0 Å². The van der Waals surface area contributed by atoms with E-state index in [0.29, 0.717) is 12.0 Å². The number of aromatic amines is 1. The molecule has 3 atom stereocenters. The first-order valence-corrected chi connectivity index (χ1v) is 5.03. The molecule has 3 unspecified atom stereocenters. The van der Waals surface area contributed by atoms with Gasteiger partial charge >= 0.3 is 0 Å². The van der Waals surface area contributed by atoms with Gasteiger partial charge in [0, 0.05) is 18.2 Å². The first kappa shape index (κ1) is 8.17. The Labute approximate surface area is 81.3 Å². The average molecular weight is 192 g/mol. The molecule has 2 fully saturated rings. The molecule has 74 valence electrons. The second-order valence-corrected chi connectivity index (χ2v) is 4.04. The summed E-state index contributed by atoms with van der Waals surface area (Å²) in [6.45, 7) is 0. The van der Waals surface area contributed by atoms with Crippen LogP contribution in [0.4, 0.5) is 0 Å². The van der Waals surface area contributed by atoms with Crippen molar-refractivity contribution in [3.05, 3.63) is 28.4 Å². The number of ether oxygens (including phenoxy) is 1. The molecule has 1 aromatic rings. The number of fused-ring (bicyclic) bond motifs is 2. The Bertz CT molecular complexity index is 401. The lowest BCUT2D eigenvalue weighted by Gasteiger charge is -2.16. The van der Waals surface area contributed by atoms with E-state index in [4.69, 9.17) is 4.74 Å². The van der Waals surface area contributed by atoms with Crippen LogP contribution in [0.1, 0.15) is 31.0 Å². The summed E-state index contributed by atoms with van der Waals surface area (Å²) >= 11 is 0. The van der Waals surface area contributed by atoms with Gasteiger partial charge in [0.05, 0.1) is 12.2 Å². The van der Waals surface area contributed by atoms with Crippen LogP contribution >= 0.6 is 0 Å². The van der Waals surface area contributed by atoms with Gasteiger partial charge in [-0.05, 0) is 19.3 Å². The van der Waals surface area contributed by atoms with Gasteiger partial charge in [-0.1, -0.05) is 0 Å². The monoisotopic (exact) mass is 192 g/mol. The lowest BCUT2D eigenvalue weighted by Crippen LogP contribution is -2.20. The summed E-state index contributed by atoms with van der Waals surface area (Å²) in [6, 6.07) is 1.44. The van der Waals surface area contributed by atoms with E-state index < -0.39 is 0 Å². The van der Waals surface area contributed by atoms with Gasteiger partial charge in [-0.25, -0.2) is 4.98 Å². The molecule has 0 radical (unpaired) electrons. The van der Waals surface area contributed by atoms with E-state index in [9.17, 15) is 4.79 Å². The summed E-state index contributed by atoms with van der Waals surface area (Å²) in [5.74, 6) is 1.10. The van der Waals surface area contributed by atoms with Gasteiger partial charge < -0.3 is 9.72 Å². The fourth-order valence-electron chi connectivity index (χ4n) is 2.50. The summed E-state index contributed by atoms with van der Waals surface area (Å²) in [5.41, 5.74) is -0.0715. The Morgan fingerprint density at radius 2 is 2.43 bits per heavy atom. The minimum Gasteiger partial charge on any atom is -0.374 e. The third kappa shape index (κ3) is 1.18. The van der Waals surface area contributed by atoms with Gasteiger partial charge in [0.1, 0.15) is 5.82 Å². The standard InChI is InChI=1S/C10H12N2O2/c13-9-3-4-11-10(12-9)7-5-6-1-2-8(7)14-6/h3-4,6-8H,1-2,5H2,(H,11,12,13). The van der Waals surface area contributed by atoms with Crippen molar-refractivity contribution in [1.82, 2.24) is 9.97 Å². The highest BCUT2D eigenvalue weighted by molar-refractivity contribution is 5.07. The van der Waals surface area contributed by atoms with Crippen LogP contribution in [0.3, 0.4) is 0 Å². The Morgan fingerprint density at radius 1 is 1.50 bits per heavy atom. The molecule has 4 heteroatoms. The quantitative estimate of drug-likeness (QED) is 0.716. The molecule has 2 bridgehead atoms. The number of hydrogen-bond donors (Lipinski definition) is 1. The van der Waals surface area contributed by atoms with E-state index in [1.165, 1.54) is 6.07 Å². The molecular weight excluding hydrogens is 180 g/mol. The zero-order valence-electron chi connectivity index (χ0n) is 7.77. The maximum Gasteiger partial charge on any atom is 0.250 e. The maximum atomic E-state index is 11.1. The molecule has 0 aromatic carbocycles. The summed E-state index contributed by atoms with van der Waals surface area (Å²) < 4.78 is 5.72. The van der Waals surface area contributed by atoms with Crippen molar-refractivity contribution in [2.45, 2.75) is 37.4 Å². The molecule has 2 saturated heterocycles. The molecule has 0 aliphatic carbocycles. The zero-order valence-corrected chi connectivity index (χ0v) is 7.77. The molecule has 2 aliphatic heterocycles. The van der Waals surface area contributed by atoms with Gasteiger partial charge in [-0.15, -0.1) is 0 Å². The fourth-order valence-corrected chi connectivity index (χ4v) is 2.50. The lowest BCUT2D eigenvalue weighted by atomic mass is 9.89. The SMILES string of the molecule is O=c1ccnc(C2CC3CCC2O3)[nH]1. The Kier molecular flexibility index (Phi) is 1.70. The van der Waals surface area contributed by atoms with Crippen LogP contribution in [0.5, 0.6) is 0 Å². The number of H-pyrrole nitrogens is 1. The van der Waals surface area contributed by atoms with E-state index in [1.54, 1.807) is 6.20 Å². The Morgan fingerprint density at radius 3 is 3.07 bits per heavy atom. The van der Waals surface area contributed by atoms with Crippen molar-refractivity contribution in [1.29, 1.82) is 0 Å². The van der Waals surface area contributed by atoms with Crippen molar-refractivity contribution in [2.24, 2.45) is 0 Å². The first-order chi connectivity index (χ1) is 6.83. The zero-order chi connectivity index (χ0) is 9.54. The predicted molar refractivity (Wildman–Crippen MR) is 50.1 cm³/mol. The highest BCUT2D eigenvalue weighted by atomic mass is 16.5. The van der Waals surface area contributed by atoms with E-state index in [-0.39, 0.29) is 11.7 Å². The highest BCUT2D eigenvalue weighted by Gasteiger charge is 2.42. The van der Waals surface area contributed by atoms with Crippen molar-refractivity contribution in [3.63, 3.8) is 0 Å². The number of nitrogens with one attached hydrogen (secondary N) is 1. The second kappa shape index (κ2) is 2.92. The van der Waals surface area contributed by atoms with Crippen molar-refractivity contribution in [3.8, 4) is 0 Å². The smallest absolute Gasteiger partial charge is 0.250 e. The van der Waals surface area contributed by atoms with E-state index in [2.05, 4.69) is 9.97 Å². The molecule has 1 N–H and O–H groups in total. The molecule has 0 amide bonds. The predicted octanol–water partition coefficient (Wildman–Crippen LogP) is 0.805. The lowest BCUT2D eigenvalue weighted by molar-refractivity contribution is 0.0998. The topological polar surface area (TPSA) is 55.0 Å². The molecule has 14 heavy (non-hydrogen) atoms. The fraction of sp³-hybridized carbons (Fsp3) is 0.600. The van der Waals surface area contributed by atoms with Gasteiger partial charge in [0.2, 0.25) is 0 Å². The van der Waals surface area contributed by atoms with Crippen molar-refractivity contribution >= 4 is 0 Å². The summed E-state index contributed by atoms with van der Waals surface area (Å²) in [4.78, 5) is 18.1.